The first-order valence-corrected chi connectivity index (χ1v) is 9.23. The summed E-state index contributed by atoms with van der Waals surface area (Å²) in [6.07, 6.45) is 3.09. The van der Waals surface area contributed by atoms with Gasteiger partial charge >= 0.3 is 0 Å². The molecular weight excluding hydrogens is 387 g/mol. The second-order valence-corrected chi connectivity index (χ2v) is 6.73. The quantitative estimate of drug-likeness (QED) is 0.304. The molecule has 3 aromatic carbocycles. The summed E-state index contributed by atoms with van der Waals surface area (Å²) < 4.78 is 73.3. The number of ether oxygens (including phenoxy) is 1. The van der Waals surface area contributed by atoms with Crippen LogP contribution < -0.4 is 4.74 Å². The molecule has 0 aliphatic heterocycles. The molecule has 6 heteroatoms. The van der Waals surface area contributed by atoms with E-state index in [-0.39, 0.29) is 5.56 Å². The fraction of sp³-hybridized carbons (Fsp3) is 0.217. The van der Waals surface area contributed by atoms with Crippen LogP contribution in [0.5, 0.6) is 5.75 Å². The van der Waals surface area contributed by atoms with Gasteiger partial charge in [0.05, 0.1) is 0 Å². The maximum atomic E-state index is 14.4. The molecule has 0 radical (unpaired) electrons. The van der Waals surface area contributed by atoms with Gasteiger partial charge in [0, 0.05) is 0 Å². The molecule has 0 bridgehead atoms. The third kappa shape index (κ3) is 4.94. The lowest BCUT2D eigenvalue weighted by Crippen LogP contribution is -2.03. The molecule has 3 aromatic rings. The van der Waals surface area contributed by atoms with Crippen molar-refractivity contribution < 1.29 is 26.7 Å². The minimum absolute atomic E-state index is 0.0908. The lowest BCUT2D eigenvalue weighted by atomic mass is 10.0. The summed E-state index contributed by atoms with van der Waals surface area (Å²) in [6.45, 7) is 1.58. The van der Waals surface area contributed by atoms with Gasteiger partial charge in [0.2, 0.25) is 0 Å². The van der Waals surface area contributed by atoms with Crippen LogP contribution in [-0.4, -0.2) is 0 Å². The van der Waals surface area contributed by atoms with Crippen LogP contribution >= 0.6 is 0 Å². The Bertz CT molecular complexity index is 953. The molecule has 1 nitrogen and oxygen atoms in total. The van der Waals surface area contributed by atoms with Crippen molar-refractivity contribution in [1.29, 1.82) is 0 Å². The lowest BCUT2D eigenvalue weighted by Gasteiger charge is -2.11. The number of rotatable bonds is 7. The summed E-state index contributed by atoms with van der Waals surface area (Å²) in [5.41, 5.74) is 2.05. The zero-order valence-corrected chi connectivity index (χ0v) is 15.7. The van der Waals surface area contributed by atoms with Gasteiger partial charge in [0.15, 0.2) is 34.8 Å². The van der Waals surface area contributed by atoms with Crippen molar-refractivity contribution in [3.63, 3.8) is 0 Å². The van der Waals surface area contributed by atoms with Crippen LogP contribution in [0.4, 0.5) is 22.0 Å². The highest BCUT2D eigenvalue weighted by Crippen LogP contribution is 2.30. The van der Waals surface area contributed by atoms with E-state index in [1.54, 1.807) is 12.1 Å². The number of aryl methyl sites for hydroxylation is 1. The normalized spacial score (nSPS) is 11.0. The lowest BCUT2D eigenvalue weighted by molar-refractivity contribution is 0.272. The molecule has 3 rings (SSSR count). The first-order valence-electron chi connectivity index (χ1n) is 9.23. The highest BCUT2D eigenvalue weighted by atomic mass is 19.2. The van der Waals surface area contributed by atoms with Crippen molar-refractivity contribution in [1.82, 2.24) is 0 Å². The minimum Gasteiger partial charge on any atom is -0.483 e. The van der Waals surface area contributed by atoms with Crippen LogP contribution in [0.3, 0.4) is 0 Å². The van der Waals surface area contributed by atoms with Gasteiger partial charge in [0.1, 0.15) is 6.61 Å². The van der Waals surface area contributed by atoms with Gasteiger partial charge in [-0.25, -0.2) is 22.0 Å². The molecule has 0 atom stereocenters. The molecule has 0 spiro atoms. The molecule has 0 amide bonds. The van der Waals surface area contributed by atoms with Crippen molar-refractivity contribution >= 4 is 0 Å². The van der Waals surface area contributed by atoms with Crippen LogP contribution in [0.1, 0.15) is 30.9 Å². The molecule has 0 N–H and O–H groups in total. The molecule has 0 aromatic heterocycles. The smallest absolute Gasteiger partial charge is 0.194 e. The molecule has 0 saturated carbocycles. The number of benzene rings is 3. The van der Waals surface area contributed by atoms with E-state index in [2.05, 4.69) is 6.92 Å². The van der Waals surface area contributed by atoms with Gasteiger partial charge < -0.3 is 4.74 Å². The maximum absolute atomic E-state index is 14.4. The molecule has 0 aliphatic rings. The zero-order valence-electron chi connectivity index (χ0n) is 15.7. The molecule has 0 unspecified atom stereocenters. The summed E-state index contributed by atoms with van der Waals surface area (Å²) in [5.74, 6) is -6.98. The molecule has 0 saturated heterocycles. The maximum Gasteiger partial charge on any atom is 0.194 e. The highest BCUT2D eigenvalue weighted by Gasteiger charge is 2.16. The van der Waals surface area contributed by atoms with E-state index in [1.165, 1.54) is 0 Å². The van der Waals surface area contributed by atoms with Gasteiger partial charge in [-0.2, -0.15) is 0 Å². The van der Waals surface area contributed by atoms with Gasteiger partial charge in [-0.15, -0.1) is 0 Å². The summed E-state index contributed by atoms with van der Waals surface area (Å²) >= 11 is 0. The van der Waals surface area contributed by atoms with Crippen molar-refractivity contribution in [2.75, 3.05) is 0 Å². The SMILES string of the molecule is CCCCc1ccc(-c2cc(F)c(OCc3cc(F)c(F)c(F)c3)c(F)c2)cc1. The number of halogens is 5. The van der Waals surface area contributed by atoms with E-state index in [1.807, 2.05) is 12.1 Å². The predicted octanol–water partition coefficient (Wildman–Crippen LogP) is 6.97. The number of unbranched alkanes of at least 4 members (excludes halogenated alkanes) is 1. The standard InChI is InChI=1S/C23H19F5O/c1-2-3-4-14-5-7-16(8-6-14)17-11-20(26)23(21(27)12-17)29-13-15-9-18(24)22(28)19(25)10-15/h5-12H,2-4,13H2,1H3. The predicted molar refractivity (Wildman–Crippen MR) is 101 cm³/mol. The van der Waals surface area contributed by atoms with Gasteiger partial charge in [-0.3, -0.25) is 0 Å². The van der Waals surface area contributed by atoms with Gasteiger partial charge in [-0.05, 0) is 59.4 Å². The average molecular weight is 406 g/mol. The summed E-state index contributed by atoms with van der Waals surface area (Å²) in [5, 5.41) is 0. The van der Waals surface area contributed by atoms with E-state index >= 15 is 0 Å². The van der Waals surface area contributed by atoms with Gasteiger partial charge in [-0.1, -0.05) is 37.6 Å². The van der Waals surface area contributed by atoms with Crippen molar-refractivity contribution in [2.24, 2.45) is 0 Å². The highest BCUT2D eigenvalue weighted by molar-refractivity contribution is 5.65. The van der Waals surface area contributed by atoms with Crippen LogP contribution in [0.15, 0.2) is 48.5 Å². The van der Waals surface area contributed by atoms with Crippen LogP contribution in [0, 0.1) is 29.1 Å². The van der Waals surface area contributed by atoms with E-state index in [9.17, 15) is 22.0 Å². The van der Waals surface area contributed by atoms with Crippen LogP contribution in [0.2, 0.25) is 0 Å². The Balaban J connectivity index is 1.77. The Kier molecular flexibility index (Phi) is 6.52. The fourth-order valence-corrected chi connectivity index (χ4v) is 2.96. The molecule has 0 heterocycles. The molecule has 0 fully saturated rings. The third-order valence-electron chi connectivity index (χ3n) is 4.53. The Morgan fingerprint density at radius 2 is 1.28 bits per heavy atom. The number of hydrogen-bond donors (Lipinski definition) is 0. The third-order valence-corrected chi connectivity index (χ3v) is 4.53. The molecule has 0 aliphatic carbocycles. The Hall–Kier alpha value is -2.89. The average Bonchev–Trinajstić information content (AvgIpc) is 2.70. The molecular formula is C23H19F5O. The molecule has 29 heavy (non-hydrogen) atoms. The van der Waals surface area contributed by atoms with E-state index in [0.29, 0.717) is 23.3 Å². The van der Waals surface area contributed by atoms with Gasteiger partial charge in [0.25, 0.3) is 0 Å². The van der Waals surface area contributed by atoms with Crippen molar-refractivity contribution in [3.05, 3.63) is 88.7 Å². The largest absolute Gasteiger partial charge is 0.483 e. The number of hydrogen-bond acceptors (Lipinski definition) is 1. The zero-order chi connectivity index (χ0) is 21.0. The second-order valence-electron chi connectivity index (χ2n) is 6.73. The first-order chi connectivity index (χ1) is 13.9. The Morgan fingerprint density at radius 3 is 1.83 bits per heavy atom. The van der Waals surface area contributed by atoms with Crippen LogP contribution in [-0.2, 0) is 13.0 Å². The second kappa shape index (κ2) is 9.07. The topological polar surface area (TPSA) is 9.23 Å². The van der Waals surface area contributed by atoms with Crippen LogP contribution in [0.25, 0.3) is 11.1 Å². The van der Waals surface area contributed by atoms with Crippen molar-refractivity contribution in [3.8, 4) is 16.9 Å². The Labute approximate surface area is 165 Å². The summed E-state index contributed by atoms with van der Waals surface area (Å²) in [6, 6.07) is 11.1. The summed E-state index contributed by atoms with van der Waals surface area (Å²) in [7, 11) is 0. The summed E-state index contributed by atoms with van der Waals surface area (Å²) in [4.78, 5) is 0. The minimum atomic E-state index is -1.61. The van der Waals surface area contributed by atoms with Crippen molar-refractivity contribution in [2.45, 2.75) is 32.8 Å². The molecule has 152 valence electrons. The van der Waals surface area contributed by atoms with E-state index < -0.39 is 41.4 Å². The Morgan fingerprint density at radius 1 is 0.690 bits per heavy atom. The fourth-order valence-electron chi connectivity index (χ4n) is 2.96. The van der Waals surface area contributed by atoms with E-state index in [0.717, 1.165) is 37.0 Å². The monoisotopic (exact) mass is 406 g/mol. The first kappa shape index (κ1) is 20.8. The van der Waals surface area contributed by atoms with E-state index in [4.69, 9.17) is 4.74 Å².